The first-order valence-electron chi connectivity index (χ1n) is 12.1. The van der Waals surface area contributed by atoms with E-state index in [1.54, 1.807) is 0 Å². The van der Waals surface area contributed by atoms with Crippen molar-refractivity contribution < 1.29 is 9.59 Å². The fourth-order valence-corrected chi connectivity index (χ4v) is 17.6. The van der Waals surface area contributed by atoms with Gasteiger partial charge < -0.3 is 0 Å². The first-order chi connectivity index (χ1) is 15.8. The number of hydrogen-bond donors (Lipinski definition) is 0. The molecular formula is C30H38O2Si2. The first-order valence-corrected chi connectivity index (χ1v) is 18.8. The topological polar surface area (TPSA) is 34.1 Å². The lowest BCUT2D eigenvalue weighted by Crippen LogP contribution is -2.71. The highest BCUT2D eigenvalue weighted by Crippen LogP contribution is 2.35. The van der Waals surface area contributed by atoms with Crippen LogP contribution < -0.4 is 0 Å². The van der Waals surface area contributed by atoms with Gasteiger partial charge in [0.05, 0.1) is 7.59 Å². The summed E-state index contributed by atoms with van der Waals surface area (Å²) in [6.45, 7) is 18.9. The van der Waals surface area contributed by atoms with E-state index in [1.165, 1.54) is 0 Å². The molecule has 2 nitrogen and oxygen atoms in total. The van der Waals surface area contributed by atoms with E-state index in [0.29, 0.717) is 6.04 Å². The molecule has 0 radical (unpaired) electrons. The van der Waals surface area contributed by atoms with Gasteiger partial charge in [-0.1, -0.05) is 90.9 Å². The van der Waals surface area contributed by atoms with Crippen molar-refractivity contribution >= 4 is 26.0 Å². The van der Waals surface area contributed by atoms with Crippen molar-refractivity contribution in [3.05, 3.63) is 105 Å². The molecule has 0 aliphatic carbocycles. The van der Waals surface area contributed by atoms with E-state index in [4.69, 9.17) is 0 Å². The van der Waals surface area contributed by atoms with Crippen LogP contribution in [0.1, 0.15) is 59.7 Å². The van der Waals surface area contributed by atoms with Crippen molar-refractivity contribution in [3.63, 3.8) is 0 Å². The van der Waals surface area contributed by atoms with Gasteiger partial charge in [-0.25, -0.2) is 0 Å². The Hall–Kier alpha value is -2.57. The van der Waals surface area contributed by atoms with Crippen molar-refractivity contribution in [2.24, 2.45) is 0 Å². The number of carbonyl (C=O) groups is 2. The summed E-state index contributed by atoms with van der Waals surface area (Å²) in [5, 5.41) is 0.241. The summed E-state index contributed by atoms with van der Waals surface area (Å²) in [4.78, 5) is 29.7. The second kappa shape index (κ2) is 9.59. The van der Waals surface area contributed by atoms with Gasteiger partial charge in [-0.3, -0.25) is 9.59 Å². The molecule has 0 saturated carbocycles. The third-order valence-electron chi connectivity index (χ3n) is 7.18. The minimum atomic E-state index is -3.23. The van der Waals surface area contributed by atoms with Gasteiger partial charge in [0.1, 0.15) is 10.8 Å². The van der Waals surface area contributed by atoms with Crippen molar-refractivity contribution in [1.82, 2.24) is 0 Å². The summed E-state index contributed by atoms with van der Waals surface area (Å²) < 4.78 is 0. The molecule has 0 saturated heterocycles. The average molecular weight is 487 g/mol. The van der Waals surface area contributed by atoms with Gasteiger partial charge in [0.15, 0.2) is 0 Å². The monoisotopic (exact) mass is 486 g/mol. The molecule has 3 rings (SSSR count). The van der Waals surface area contributed by atoms with E-state index >= 15 is 0 Å². The Morgan fingerprint density at radius 2 is 0.971 bits per heavy atom. The lowest BCUT2D eigenvalue weighted by Gasteiger charge is -2.40. The molecule has 0 fully saturated rings. The number of benzene rings is 3. The van der Waals surface area contributed by atoms with E-state index in [0.717, 1.165) is 50.1 Å². The Balaban J connectivity index is 2.39. The molecule has 34 heavy (non-hydrogen) atoms. The zero-order valence-electron chi connectivity index (χ0n) is 22.2. The summed E-state index contributed by atoms with van der Waals surface area (Å²) in [6.07, 6.45) is 0. The number of rotatable bonds is 7. The first kappa shape index (κ1) is 26.0. The quantitative estimate of drug-likeness (QED) is 0.328. The molecule has 0 aliphatic heterocycles. The second-order valence-corrected chi connectivity index (χ2v) is 25.7. The van der Waals surface area contributed by atoms with E-state index in [2.05, 4.69) is 69.9 Å². The van der Waals surface area contributed by atoms with E-state index in [-0.39, 0.29) is 10.8 Å². The predicted octanol–water partition coefficient (Wildman–Crippen LogP) is 7.33. The molecule has 0 bridgehead atoms. The molecule has 4 heteroatoms. The van der Waals surface area contributed by atoms with E-state index in [1.807, 2.05) is 45.9 Å². The molecular weight excluding hydrogens is 449 g/mol. The minimum Gasteiger partial charge on any atom is -0.300 e. The van der Waals surface area contributed by atoms with Crippen LogP contribution in [0.3, 0.4) is 0 Å². The summed E-state index contributed by atoms with van der Waals surface area (Å²) in [5.41, 5.74) is 8.84. The van der Waals surface area contributed by atoms with Crippen LogP contribution in [0.2, 0.25) is 19.6 Å². The highest BCUT2D eigenvalue weighted by molar-refractivity contribution is 7.63. The molecule has 0 N–H and O–H groups in total. The number of aryl methyl sites for hydroxylation is 6. The van der Waals surface area contributed by atoms with Crippen LogP contribution in [0, 0.1) is 41.5 Å². The standard InChI is InChI=1S/C30H38O2Si2/c1-20-15-22(3)27(23(4)16-20)29(31)34(33(7,8)9,19-26-13-11-10-12-14-26)30(32)28-24(5)17-21(2)18-25(28)6/h10-18H,19H2,1-9H3. The van der Waals surface area contributed by atoms with Crippen LogP contribution in [-0.4, -0.2) is 26.0 Å². The van der Waals surface area contributed by atoms with Crippen molar-refractivity contribution in [2.45, 2.75) is 67.2 Å². The normalized spacial score (nSPS) is 12.0. The van der Waals surface area contributed by atoms with E-state index in [9.17, 15) is 9.59 Å². The molecule has 3 aromatic rings. The van der Waals surface area contributed by atoms with Crippen molar-refractivity contribution in [1.29, 1.82) is 0 Å². The number of carbonyl (C=O) groups excluding carboxylic acids is 2. The second-order valence-electron chi connectivity index (χ2n) is 11.0. The largest absolute Gasteiger partial charge is 0.300 e. The Labute approximate surface area is 207 Å². The third kappa shape index (κ3) is 4.66. The molecule has 0 aromatic heterocycles. The lowest BCUT2D eigenvalue weighted by molar-refractivity contribution is 0.102. The Bertz CT molecular complexity index is 1140. The zero-order chi connectivity index (χ0) is 25.4. The maximum absolute atomic E-state index is 14.9. The minimum absolute atomic E-state index is 0.120. The maximum Gasteiger partial charge on any atom is 0.215 e. The smallest absolute Gasteiger partial charge is 0.215 e. The Morgan fingerprint density at radius 1 is 0.618 bits per heavy atom. The zero-order valence-corrected chi connectivity index (χ0v) is 24.2. The van der Waals surface area contributed by atoms with Crippen molar-refractivity contribution in [2.75, 3.05) is 0 Å². The fourth-order valence-electron chi connectivity index (χ4n) is 5.62. The molecule has 0 atom stereocenters. The van der Waals surface area contributed by atoms with Crippen LogP contribution in [-0.2, 0) is 6.04 Å². The number of hydrogen-bond acceptors (Lipinski definition) is 2. The summed E-state index contributed by atoms with van der Waals surface area (Å²) >= 11 is 0. The van der Waals surface area contributed by atoms with Gasteiger partial charge in [0, 0.05) is 11.1 Å². The van der Waals surface area contributed by atoms with Gasteiger partial charge in [-0.05, 0) is 69.8 Å². The third-order valence-corrected chi connectivity index (χ3v) is 22.3. The molecule has 3 aromatic carbocycles. The van der Waals surface area contributed by atoms with Crippen LogP contribution in [0.15, 0.2) is 54.6 Å². The lowest BCUT2D eigenvalue weighted by atomic mass is 10.0. The van der Waals surface area contributed by atoms with Gasteiger partial charge in [-0.2, -0.15) is 0 Å². The average Bonchev–Trinajstić information content (AvgIpc) is 2.70. The van der Waals surface area contributed by atoms with Gasteiger partial charge in [0.25, 0.3) is 0 Å². The molecule has 178 valence electrons. The van der Waals surface area contributed by atoms with Gasteiger partial charge in [-0.15, -0.1) is 0 Å². The maximum atomic E-state index is 14.9. The molecule has 0 amide bonds. The van der Waals surface area contributed by atoms with Gasteiger partial charge in [0.2, 0.25) is 7.59 Å². The van der Waals surface area contributed by atoms with Crippen LogP contribution >= 0.6 is 0 Å². The molecule has 0 heterocycles. The highest BCUT2D eigenvalue weighted by atomic mass is 29.3. The summed E-state index contributed by atoms with van der Waals surface area (Å²) in [6, 6.07) is 19.1. The van der Waals surface area contributed by atoms with Crippen LogP contribution in [0.5, 0.6) is 0 Å². The predicted molar refractivity (Wildman–Crippen MR) is 149 cm³/mol. The van der Waals surface area contributed by atoms with Crippen LogP contribution in [0.25, 0.3) is 0 Å². The van der Waals surface area contributed by atoms with Gasteiger partial charge >= 0.3 is 0 Å². The highest BCUT2D eigenvalue weighted by Gasteiger charge is 2.59. The van der Waals surface area contributed by atoms with Crippen LogP contribution in [0.4, 0.5) is 0 Å². The molecule has 0 unspecified atom stereocenters. The molecule has 0 spiro atoms. The summed E-state index contributed by atoms with van der Waals surface area (Å²) in [7, 11) is -5.52. The fraction of sp³-hybridized carbons (Fsp3) is 0.333. The van der Waals surface area contributed by atoms with E-state index < -0.39 is 15.2 Å². The SMILES string of the molecule is Cc1cc(C)c(C(=O)[Si](Cc2ccccc2)(C(=O)c2c(C)cc(C)cc2C)[Si](C)(C)C)c(C)c1. The summed E-state index contributed by atoms with van der Waals surface area (Å²) in [5.74, 6) is 0. The molecule has 0 aliphatic rings. The Kier molecular flexibility index (Phi) is 7.35. The van der Waals surface area contributed by atoms with Crippen molar-refractivity contribution in [3.8, 4) is 0 Å². The Morgan fingerprint density at radius 3 is 1.29 bits per heavy atom.